The third kappa shape index (κ3) is 3.06. The van der Waals surface area contributed by atoms with Gasteiger partial charge in [-0.2, -0.15) is 13.2 Å². The van der Waals surface area contributed by atoms with Crippen molar-refractivity contribution in [3.05, 3.63) is 29.8 Å². The van der Waals surface area contributed by atoms with E-state index in [4.69, 9.17) is 0 Å². The van der Waals surface area contributed by atoms with Crippen molar-refractivity contribution < 1.29 is 13.2 Å². The Balaban J connectivity index is 0.00000121. The topological polar surface area (TPSA) is 0 Å². The summed E-state index contributed by atoms with van der Waals surface area (Å²) in [6.45, 7) is 0. The Kier molecular flexibility index (Phi) is 4.12. The third-order valence-corrected chi connectivity index (χ3v) is 2.05. The predicted molar refractivity (Wildman–Crippen MR) is 46.9 cm³/mol. The molecule has 0 amide bonds. The van der Waals surface area contributed by atoms with Gasteiger partial charge in [0.1, 0.15) is 0 Å². The molecule has 0 aliphatic heterocycles. The lowest BCUT2D eigenvalue weighted by atomic mass is 10.2. The molecule has 5 heteroatoms. The van der Waals surface area contributed by atoms with Crippen molar-refractivity contribution >= 4 is 33.1 Å². The van der Waals surface area contributed by atoms with Crippen molar-refractivity contribution in [1.29, 1.82) is 0 Å². The second kappa shape index (κ2) is 4.18. The van der Waals surface area contributed by atoms with E-state index < -0.39 is 11.7 Å². The number of benzene rings is 1. The lowest BCUT2D eigenvalue weighted by Crippen LogP contribution is -2.08. The minimum absolute atomic E-state index is 0. The van der Waals surface area contributed by atoms with Gasteiger partial charge in [-0.15, -0.1) is 16.8 Å². The van der Waals surface area contributed by atoms with Gasteiger partial charge in [0, 0.05) is 0 Å². The van der Waals surface area contributed by atoms with E-state index in [9.17, 15) is 13.2 Å². The highest BCUT2D eigenvalue weighted by Gasteiger charge is 2.29. The van der Waals surface area contributed by atoms with Crippen molar-refractivity contribution in [3.8, 4) is 0 Å². The SMILES string of the molecule is Cl.FC(F)(F)c1cc[c]([AlH2])cc1. The molecule has 0 N–H and O–H groups in total. The van der Waals surface area contributed by atoms with Crippen LogP contribution in [0.25, 0.3) is 0 Å². The molecule has 0 radical (unpaired) electrons. The van der Waals surface area contributed by atoms with E-state index in [0.29, 0.717) is 0 Å². The van der Waals surface area contributed by atoms with Crippen LogP contribution in [0.4, 0.5) is 13.2 Å². The van der Waals surface area contributed by atoms with E-state index in [-0.39, 0.29) is 12.4 Å². The number of hydrogen-bond acceptors (Lipinski definition) is 0. The number of hydrogen-bond donors (Lipinski definition) is 0. The fraction of sp³-hybridized carbons (Fsp3) is 0.143. The molecule has 1 aromatic carbocycles. The van der Waals surface area contributed by atoms with Crippen LogP contribution in [0.1, 0.15) is 5.56 Å². The molecule has 0 fully saturated rings. The van der Waals surface area contributed by atoms with Crippen LogP contribution in [0.3, 0.4) is 0 Å². The lowest BCUT2D eigenvalue weighted by Gasteiger charge is -2.05. The molecule has 0 spiro atoms. The van der Waals surface area contributed by atoms with Gasteiger partial charge in [-0.3, -0.25) is 0 Å². The molecule has 0 heterocycles. The molecule has 0 aromatic heterocycles. The zero-order chi connectivity index (χ0) is 8.48. The summed E-state index contributed by atoms with van der Waals surface area (Å²) >= 11 is 0.791. The Morgan fingerprint density at radius 2 is 1.42 bits per heavy atom. The van der Waals surface area contributed by atoms with Crippen molar-refractivity contribution in [3.63, 3.8) is 0 Å². The molecule has 0 aliphatic carbocycles. The first-order valence-corrected chi connectivity index (χ1v) is 4.14. The van der Waals surface area contributed by atoms with Crippen molar-refractivity contribution in [1.82, 2.24) is 0 Å². The molecular formula is C7H7AlClF3. The first-order valence-electron chi connectivity index (χ1n) is 3.14. The number of alkyl halides is 3. The van der Waals surface area contributed by atoms with Gasteiger partial charge >= 0.3 is 6.18 Å². The van der Waals surface area contributed by atoms with Crippen LogP contribution < -0.4 is 4.43 Å². The van der Waals surface area contributed by atoms with Crippen molar-refractivity contribution in [2.24, 2.45) is 0 Å². The minimum atomic E-state index is -4.20. The molecule has 0 unspecified atom stereocenters. The largest absolute Gasteiger partial charge is 0.416 e. The van der Waals surface area contributed by atoms with Crippen LogP contribution in [-0.2, 0) is 6.18 Å². The van der Waals surface area contributed by atoms with Crippen molar-refractivity contribution in [2.75, 3.05) is 0 Å². The fourth-order valence-corrected chi connectivity index (χ4v) is 1.08. The Morgan fingerprint density at radius 1 is 1.00 bits per heavy atom. The van der Waals surface area contributed by atoms with Gasteiger partial charge in [-0.05, 0) is 0 Å². The first kappa shape index (κ1) is 11.8. The summed E-state index contributed by atoms with van der Waals surface area (Å²) in [5.74, 6) is 0. The van der Waals surface area contributed by atoms with E-state index in [1.807, 2.05) is 0 Å². The third-order valence-electron chi connectivity index (χ3n) is 1.38. The molecule has 0 saturated heterocycles. The van der Waals surface area contributed by atoms with Gasteiger partial charge in [0.2, 0.25) is 0 Å². The molecule has 66 valence electrons. The summed E-state index contributed by atoms with van der Waals surface area (Å²) in [5, 5.41) is 0. The van der Waals surface area contributed by atoms with Crippen LogP contribution in [0.2, 0.25) is 0 Å². The van der Waals surface area contributed by atoms with Crippen LogP contribution in [0.5, 0.6) is 0 Å². The highest BCUT2D eigenvalue weighted by Crippen LogP contribution is 2.27. The molecule has 0 nitrogen and oxygen atoms in total. The Morgan fingerprint density at radius 3 is 1.75 bits per heavy atom. The lowest BCUT2D eigenvalue weighted by molar-refractivity contribution is -0.137. The van der Waals surface area contributed by atoms with Crippen LogP contribution in [0, 0.1) is 0 Å². The average Bonchev–Trinajstić information content (AvgIpc) is 1.86. The maximum Gasteiger partial charge on any atom is 0.416 e. The van der Waals surface area contributed by atoms with Gasteiger partial charge in [0.25, 0.3) is 16.3 Å². The van der Waals surface area contributed by atoms with Gasteiger partial charge in [0.15, 0.2) is 0 Å². The van der Waals surface area contributed by atoms with Crippen LogP contribution >= 0.6 is 12.4 Å². The van der Waals surface area contributed by atoms with Crippen LogP contribution in [-0.4, -0.2) is 16.3 Å². The smallest absolute Gasteiger partial charge is 0.166 e. The highest BCUT2D eigenvalue weighted by molar-refractivity contribution is 6.32. The van der Waals surface area contributed by atoms with Crippen molar-refractivity contribution in [2.45, 2.75) is 6.18 Å². The van der Waals surface area contributed by atoms with Gasteiger partial charge < -0.3 is 0 Å². The van der Waals surface area contributed by atoms with Gasteiger partial charge in [-0.1, -0.05) is 24.3 Å². The van der Waals surface area contributed by atoms with E-state index >= 15 is 0 Å². The molecule has 1 aromatic rings. The molecule has 0 saturated carbocycles. The summed E-state index contributed by atoms with van der Waals surface area (Å²) in [6.07, 6.45) is -4.20. The minimum Gasteiger partial charge on any atom is -0.166 e. The number of rotatable bonds is 0. The predicted octanol–water partition coefficient (Wildman–Crippen LogP) is 1.39. The summed E-state index contributed by atoms with van der Waals surface area (Å²) in [7, 11) is 0. The second-order valence-electron chi connectivity index (χ2n) is 2.36. The van der Waals surface area contributed by atoms with E-state index in [1.165, 1.54) is 12.1 Å². The zero-order valence-electron chi connectivity index (χ0n) is 6.35. The molecule has 1 rings (SSSR count). The monoisotopic (exact) mass is 210 g/mol. The second-order valence-corrected chi connectivity index (χ2v) is 3.52. The number of halogens is 4. The molecule has 0 aliphatic rings. The maximum atomic E-state index is 11.9. The van der Waals surface area contributed by atoms with Gasteiger partial charge in [-0.25, -0.2) is 0 Å². The zero-order valence-corrected chi connectivity index (χ0v) is 9.17. The standard InChI is InChI=1S/C7H4F3.Al.ClH.2H/c8-7(9,10)6-4-2-1-3-5-6;;;;/h2-5H;;1H;;. The van der Waals surface area contributed by atoms with E-state index in [2.05, 4.69) is 0 Å². The fourth-order valence-electron chi connectivity index (χ4n) is 0.743. The maximum absolute atomic E-state index is 11.9. The molecule has 0 atom stereocenters. The summed E-state index contributed by atoms with van der Waals surface area (Å²) in [4.78, 5) is 0. The van der Waals surface area contributed by atoms with Crippen LogP contribution in [0.15, 0.2) is 24.3 Å². The summed E-state index contributed by atoms with van der Waals surface area (Å²) in [5.41, 5.74) is -0.572. The molecule has 12 heavy (non-hydrogen) atoms. The molecular weight excluding hydrogens is 204 g/mol. The Hall–Kier alpha value is -0.168. The average molecular weight is 211 g/mol. The summed E-state index contributed by atoms with van der Waals surface area (Å²) in [6, 6.07) is 5.24. The summed E-state index contributed by atoms with van der Waals surface area (Å²) < 4.78 is 36.8. The highest BCUT2D eigenvalue weighted by atomic mass is 35.5. The Bertz CT molecular complexity index is 242. The Labute approximate surface area is 82.6 Å². The van der Waals surface area contributed by atoms with E-state index in [0.717, 1.165) is 32.8 Å². The van der Waals surface area contributed by atoms with E-state index in [1.54, 1.807) is 0 Å². The normalized spacial score (nSPS) is 10.6. The van der Waals surface area contributed by atoms with Gasteiger partial charge in [0.05, 0.1) is 5.56 Å². The molecule has 0 bridgehead atoms. The quantitative estimate of drug-likeness (QED) is 0.568. The first-order chi connectivity index (χ1) is 5.00.